The Morgan fingerprint density at radius 2 is 1.95 bits per heavy atom. The summed E-state index contributed by atoms with van der Waals surface area (Å²) < 4.78 is 19.6. The second-order valence-corrected chi connectivity index (χ2v) is 11.6. The molecule has 2 aliphatic heterocycles. The third kappa shape index (κ3) is 4.20. The lowest BCUT2D eigenvalue weighted by Crippen LogP contribution is -2.50. The molecule has 3 heterocycles. The largest absolute Gasteiger partial charge is 0.494 e. The van der Waals surface area contributed by atoms with Gasteiger partial charge in [-0.25, -0.2) is 9.37 Å². The SMILES string of the molecule is COc1ccc([C@@H]2CCC(C)(C)C(=O)N2CC(=O)Nc2ccc3c(c2)CC2(C3)C(=O)Nc3ncccc32)cc1F. The van der Waals surface area contributed by atoms with Crippen LogP contribution in [0.4, 0.5) is 15.9 Å². The maximum atomic E-state index is 14.5. The van der Waals surface area contributed by atoms with Crippen molar-refractivity contribution in [3.05, 3.63) is 82.8 Å². The van der Waals surface area contributed by atoms with Crippen LogP contribution in [0.15, 0.2) is 54.7 Å². The number of piperidine rings is 1. The number of likely N-dealkylation sites (tertiary alicyclic amines) is 1. The maximum absolute atomic E-state index is 14.5. The number of aromatic nitrogens is 1. The Morgan fingerprint density at radius 1 is 1.15 bits per heavy atom. The van der Waals surface area contributed by atoms with Crippen LogP contribution in [0, 0.1) is 11.2 Å². The summed E-state index contributed by atoms with van der Waals surface area (Å²) in [4.78, 5) is 45.6. The van der Waals surface area contributed by atoms with Gasteiger partial charge in [0.25, 0.3) is 0 Å². The van der Waals surface area contributed by atoms with Crippen LogP contribution in [0.25, 0.3) is 0 Å². The van der Waals surface area contributed by atoms with Crippen LogP contribution in [-0.2, 0) is 32.6 Å². The number of carbonyl (C=O) groups excluding carboxylic acids is 3. The number of benzene rings is 2. The molecule has 1 aromatic heterocycles. The van der Waals surface area contributed by atoms with Crippen LogP contribution >= 0.6 is 0 Å². The maximum Gasteiger partial charge on any atom is 0.244 e. The molecule has 3 aromatic rings. The van der Waals surface area contributed by atoms with Crippen molar-refractivity contribution in [2.24, 2.45) is 5.41 Å². The molecule has 206 valence electrons. The van der Waals surface area contributed by atoms with Gasteiger partial charge in [0.2, 0.25) is 17.7 Å². The molecule has 0 bridgehead atoms. The van der Waals surface area contributed by atoms with Gasteiger partial charge in [-0.3, -0.25) is 14.4 Å². The molecule has 1 spiro atoms. The first kappa shape index (κ1) is 26.0. The lowest BCUT2D eigenvalue weighted by Gasteiger charge is -2.43. The van der Waals surface area contributed by atoms with E-state index in [0.29, 0.717) is 42.8 Å². The van der Waals surface area contributed by atoms with Gasteiger partial charge in [-0.1, -0.05) is 32.0 Å². The molecule has 40 heavy (non-hydrogen) atoms. The van der Waals surface area contributed by atoms with Gasteiger partial charge in [0.05, 0.1) is 18.6 Å². The van der Waals surface area contributed by atoms with Crippen molar-refractivity contribution >= 4 is 29.2 Å². The highest BCUT2D eigenvalue weighted by molar-refractivity contribution is 6.06. The van der Waals surface area contributed by atoms with Crippen molar-refractivity contribution in [1.82, 2.24) is 9.88 Å². The summed E-state index contributed by atoms with van der Waals surface area (Å²) in [7, 11) is 1.40. The molecular formula is C31H31FN4O4. The first-order chi connectivity index (χ1) is 19.1. The van der Waals surface area contributed by atoms with Crippen LogP contribution in [0.5, 0.6) is 5.75 Å². The number of pyridine rings is 1. The second kappa shape index (κ2) is 9.43. The van der Waals surface area contributed by atoms with E-state index in [1.54, 1.807) is 23.2 Å². The summed E-state index contributed by atoms with van der Waals surface area (Å²) in [5.74, 6) is -0.323. The van der Waals surface area contributed by atoms with Gasteiger partial charge >= 0.3 is 0 Å². The number of amides is 3. The molecule has 2 N–H and O–H groups in total. The van der Waals surface area contributed by atoms with Gasteiger partial charge in [-0.15, -0.1) is 0 Å². The minimum absolute atomic E-state index is 0.0600. The van der Waals surface area contributed by atoms with E-state index in [9.17, 15) is 18.8 Å². The second-order valence-electron chi connectivity index (χ2n) is 11.6. The number of anilines is 2. The lowest BCUT2D eigenvalue weighted by atomic mass is 9.78. The van der Waals surface area contributed by atoms with E-state index in [1.807, 2.05) is 44.2 Å². The molecule has 0 radical (unpaired) electrons. The molecule has 9 heteroatoms. The van der Waals surface area contributed by atoms with Gasteiger partial charge in [0.15, 0.2) is 11.6 Å². The van der Waals surface area contributed by atoms with Gasteiger partial charge < -0.3 is 20.3 Å². The summed E-state index contributed by atoms with van der Waals surface area (Å²) in [6.45, 7) is 3.57. The molecule has 1 aliphatic carbocycles. The summed E-state index contributed by atoms with van der Waals surface area (Å²) in [6.07, 6.45) is 3.98. The summed E-state index contributed by atoms with van der Waals surface area (Å²) >= 11 is 0. The average molecular weight is 543 g/mol. The molecule has 1 fully saturated rings. The number of ether oxygens (including phenoxy) is 1. The molecule has 6 rings (SSSR count). The average Bonchev–Trinajstić information content (AvgIpc) is 3.44. The van der Waals surface area contributed by atoms with E-state index in [4.69, 9.17) is 4.74 Å². The van der Waals surface area contributed by atoms with Crippen molar-refractivity contribution in [1.29, 1.82) is 0 Å². The molecule has 1 saturated heterocycles. The third-order valence-corrected chi connectivity index (χ3v) is 8.60. The van der Waals surface area contributed by atoms with Crippen LogP contribution in [0.2, 0.25) is 0 Å². The van der Waals surface area contributed by atoms with Gasteiger partial charge in [0.1, 0.15) is 12.4 Å². The van der Waals surface area contributed by atoms with Gasteiger partial charge in [-0.2, -0.15) is 0 Å². The van der Waals surface area contributed by atoms with E-state index in [-0.39, 0.29) is 30.0 Å². The molecule has 3 aliphatic rings. The van der Waals surface area contributed by atoms with Gasteiger partial charge in [-0.05, 0) is 72.7 Å². The Labute approximate surface area is 231 Å². The van der Waals surface area contributed by atoms with E-state index in [2.05, 4.69) is 15.6 Å². The quantitative estimate of drug-likeness (QED) is 0.493. The summed E-state index contributed by atoms with van der Waals surface area (Å²) in [5.41, 5.74) is 2.85. The first-order valence-corrected chi connectivity index (χ1v) is 13.4. The van der Waals surface area contributed by atoms with E-state index in [1.165, 1.54) is 13.2 Å². The fourth-order valence-corrected chi connectivity index (χ4v) is 6.41. The fraction of sp³-hybridized carbons (Fsp3) is 0.355. The number of carbonyl (C=O) groups is 3. The Bertz CT molecular complexity index is 1550. The third-order valence-electron chi connectivity index (χ3n) is 8.60. The molecule has 2 aromatic carbocycles. The number of halogens is 1. The zero-order valence-corrected chi connectivity index (χ0v) is 22.7. The number of hydrogen-bond acceptors (Lipinski definition) is 5. The Balaban J connectivity index is 1.21. The normalized spacial score (nSPS) is 22.6. The highest BCUT2D eigenvalue weighted by Gasteiger charge is 2.51. The standard InChI is InChI=1S/C31H31FN4O4/c1-30(2)11-10-24(18-7-9-25(40-3)23(32)14-18)36(29(30)39)17-26(37)34-21-8-6-19-15-31(16-20(19)13-21)22-5-4-12-33-27(22)35-28(31)38/h4-9,12-14,24H,10-11,15-17H2,1-3H3,(H,34,37)(H,33,35,38)/t24-,31?/m0/s1. The van der Waals surface area contributed by atoms with Crippen LogP contribution in [0.3, 0.4) is 0 Å². The number of nitrogens with one attached hydrogen (secondary N) is 2. The predicted octanol–water partition coefficient (Wildman–Crippen LogP) is 4.55. The Morgan fingerprint density at radius 3 is 2.73 bits per heavy atom. The predicted molar refractivity (Wildman–Crippen MR) is 147 cm³/mol. The molecular weight excluding hydrogens is 511 g/mol. The molecule has 8 nitrogen and oxygen atoms in total. The lowest BCUT2D eigenvalue weighted by molar-refractivity contribution is -0.150. The van der Waals surface area contributed by atoms with E-state index in [0.717, 1.165) is 16.7 Å². The van der Waals surface area contributed by atoms with Crippen molar-refractivity contribution in [2.75, 3.05) is 24.3 Å². The van der Waals surface area contributed by atoms with Gasteiger partial charge in [0, 0.05) is 22.9 Å². The topological polar surface area (TPSA) is 101 Å². The van der Waals surface area contributed by atoms with Crippen molar-refractivity contribution < 1.29 is 23.5 Å². The Kier molecular flexibility index (Phi) is 6.12. The summed E-state index contributed by atoms with van der Waals surface area (Å²) in [5, 5.41) is 5.85. The first-order valence-electron chi connectivity index (χ1n) is 13.4. The number of rotatable bonds is 5. The zero-order chi connectivity index (χ0) is 28.2. The van der Waals surface area contributed by atoms with Crippen molar-refractivity contribution in [3.63, 3.8) is 0 Å². The Hall–Kier alpha value is -4.27. The molecule has 0 saturated carbocycles. The van der Waals surface area contributed by atoms with E-state index >= 15 is 0 Å². The molecule has 2 atom stereocenters. The number of hydrogen-bond donors (Lipinski definition) is 2. The highest BCUT2D eigenvalue weighted by atomic mass is 19.1. The highest BCUT2D eigenvalue weighted by Crippen LogP contribution is 2.47. The van der Waals surface area contributed by atoms with E-state index < -0.39 is 22.7 Å². The van der Waals surface area contributed by atoms with Crippen LogP contribution < -0.4 is 15.4 Å². The minimum atomic E-state index is -0.693. The molecule has 1 unspecified atom stereocenters. The van der Waals surface area contributed by atoms with Crippen molar-refractivity contribution in [3.8, 4) is 5.75 Å². The zero-order valence-electron chi connectivity index (χ0n) is 22.7. The smallest absolute Gasteiger partial charge is 0.244 e. The minimum Gasteiger partial charge on any atom is -0.494 e. The van der Waals surface area contributed by atoms with Crippen LogP contribution in [0.1, 0.15) is 55.0 Å². The molecule has 3 amide bonds. The van der Waals surface area contributed by atoms with Crippen LogP contribution in [-0.4, -0.2) is 41.3 Å². The number of methoxy groups -OCH3 is 1. The summed E-state index contributed by atoms with van der Waals surface area (Å²) in [6, 6.07) is 13.7. The number of nitrogens with zero attached hydrogens (tertiary/aromatic N) is 2. The van der Waals surface area contributed by atoms with Crippen molar-refractivity contribution in [2.45, 2.75) is 51.0 Å². The number of fused-ring (bicyclic) bond motifs is 3. The monoisotopic (exact) mass is 542 g/mol. The fourth-order valence-electron chi connectivity index (χ4n) is 6.41.